The second kappa shape index (κ2) is 3.35. The Labute approximate surface area is 84.2 Å². The Balaban J connectivity index is 2.27. The van der Waals surface area contributed by atoms with Gasteiger partial charge in [-0.05, 0) is 30.0 Å². The van der Waals surface area contributed by atoms with Crippen molar-refractivity contribution in [1.82, 2.24) is 5.32 Å². The maximum absolute atomic E-state index is 10.9. The van der Waals surface area contributed by atoms with E-state index in [1.165, 1.54) is 0 Å². The molecule has 1 fully saturated rings. The molecule has 0 radical (unpaired) electrons. The molecule has 1 N–H and O–H groups in total. The summed E-state index contributed by atoms with van der Waals surface area (Å²) in [6, 6.07) is 3.59. The van der Waals surface area contributed by atoms with E-state index in [4.69, 9.17) is 16.6 Å². The van der Waals surface area contributed by atoms with Crippen LogP contribution in [0.5, 0.6) is 0 Å². The molecule has 1 aromatic rings. The Morgan fingerprint density at radius 3 is 3.00 bits per heavy atom. The van der Waals surface area contributed by atoms with Gasteiger partial charge in [-0.1, -0.05) is 12.2 Å². The fourth-order valence-corrected chi connectivity index (χ4v) is 1.94. The summed E-state index contributed by atoms with van der Waals surface area (Å²) < 4.78 is 5.09. The topological polar surface area (TPSA) is 42.2 Å². The van der Waals surface area contributed by atoms with Crippen LogP contribution in [0.25, 0.3) is 6.08 Å². The van der Waals surface area contributed by atoms with Crippen molar-refractivity contribution in [2.45, 2.75) is 0 Å². The normalized spacial score (nSPS) is 19.5. The zero-order valence-corrected chi connectivity index (χ0v) is 8.08. The summed E-state index contributed by atoms with van der Waals surface area (Å²) in [6.07, 6.45) is 3.31. The van der Waals surface area contributed by atoms with E-state index in [-0.39, 0.29) is 5.24 Å². The fraction of sp³-hybridized carbons (Fsp3) is 0. The number of thioether (sulfide) groups is 1. The minimum absolute atomic E-state index is 0.136. The molecule has 1 aliphatic heterocycles. The average molecular weight is 211 g/mol. The average Bonchev–Trinajstić information content (AvgIpc) is 2.63. The minimum atomic E-state index is -0.136. The molecule has 0 aliphatic carbocycles. The van der Waals surface area contributed by atoms with Crippen molar-refractivity contribution in [2.75, 3.05) is 0 Å². The molecular formula is C8H5NO2S2. The number of rotatable bonds is 1. The molecule has 66 valence electrons. The van der Waals surface area contributed by atoms with Gasteiger partial charge in [0.2, 0.25) is 0 Å². The zero-order valence-electron chi connectivity index (χ0n) is 6.44. The molecule has 2 rings (SSSR count). The molecule has 2 heterocycles. The van der Waals surface area contributed by atoms with Crippen molar-refractivity contribution in [3.05, 3.63) is 29.1 Å². The largest absolute Gasteiger partial charge is 0.465 e. The van der Waals surface area contributed by atoms with Crippen LogP contribution in [0.2, 0.25) is 0 Å². The lowest BCUT2D eigenvalue weighted by Crippen LogP contribution is -2.15. The second-order valence-electron chi connectivity index (χ2n) is 2.37. The lowest BCUT2D eigenvalue weighted by Gasteiger charge is -1.90. The zero-order chi connectivity index (χ0) is 9.26. The highest BCUT2D eigenvalue weighted by atomic mass is 32.2. The molecule has 3 nitrogen and oxygen atoms in total. The number of hydrogen-bond acceptors (Lipinski definition) is 4. The van der Waals surface area contributed by atoms with Crippen LogP contribution in [0.3, 0.4) is 0 Å². The number of amides is 1. The Hall–Kier alpha value is -1.07. The SMILES string of the molecule is O=C1NC(=S)C(=Cc2ccco2)S1. The van der Waals surface area contributed by atoms with Gasteiger partial charge < -0.3 is 9.73 Å². The third kappa shape index (κ3) is 1.81. The van der Waals surface area contributed by atoms with Gasteiger partial charge in [0.25, 0.3) is 5.24 Å². The first kappa shape index (κ1) is 8.52. The van der Waals surface area contributed by atoms with E-state index in [0.717, 1.165) is 16.7 Å². The number of hydrogen-bond donors (Lipinski definition) is 1. The van der Waals surface area contributed by atoms with Crippen molar-refractivity contribution in [3.63, 3.8) is 0 Å². The summed E-state index contributed by atoms with van der Waals surface area (Å²) >= 11 is 6.01. The first-order valence-corrected chi connectivity index (χ1v) is 4.76. The van der Waals surface area contributed by atoms with Crippen molar-refractivity contribution in [2.24, 2.45) is 0 Å². The lowest BCUT2D eigenvalue weighted by atomic mass is 10.4. The molecule has 0 aromatic carbocycles. The summed E-state index contributed by atoms with van der Waals surface area (Å²) in [5.74, 6) is 0.696. The number of furan rings is 1. The number of carbonyl (C=O) groups is 1. The van der Waals surface area contributed by atoms with E-state index in [1.807, 2.05) is 0 Å². The first-order chi connectivity index (χ1) is 6.25. The van der Waals surface area contributed by atoms with Crippen LogP contribution in [-0.2, 0) is 0 Å². The molecule has 0 atom stereocenters. The van der Waals surface area contributed by atoms with Crippen LogP contribution in [0.15, 0.2) is 27.7 Å². The number of nitrogens with one attached hydrogen (secondary N) is 1. The van der Waals surface area contributed by atoms with Crippen molar-refractivity contribution >= 4 is 40.3 Å². The lowest BCUT2D eigenvalue weighted by molar-refractivity contribution is 0.265. The highest BCUT2D eigenvalue weighted by Gasteiger charge is 2.21. The van der Waals surface area contributed by atoms with Gasteiger partial charge in [0.15, 0.2) is 0 Å². The minimum Gasteiger partial charge on any atom is -0.465 e. The van der Waals surface area contributed by atoms with Crippen LogP contribution < -0.4 is 5.32 Å². The second-order valence-corrected chi connectivity index (χ2v) is 3.79. The van der Waals surface area contributed by atoms with Crippen molar-refractivity contribution < 1.29 is 9.21 Å². The molecule has 1 saturated heterocycles. The molecule has 5 heteroatoms. The Bertz CT molecular complexity index is 381. The Morgan fingerprint density at radius 2 is 2.46 bits per heavy atom. The van der Waals surface area contributed by atoms with Crippen LogP contribution in [0.1, 0.15) is 5.76 Å². The van der Waals surface area contributed by atoms with Crippen LogP contribution in [-0.4, -0.2) is 10.2 Å². The van der Waals surface area contributed by atoms with E-state index in [2.05, 4.69) is 5.32 Å². The fourth-order valence-electron chi connectivity index (χ4n) is 0.924. The molecule has 0 bridgehead atoms. The molecule has 13 heavy (non-hydrogen) atoms. The van der Waals surface area contributed by atoms with Gasteiger partial charge >= 0.3 is 0 Å². The van der Waals surface area contributed by atoms with Gasteiger partial charge in [0.05, 0.1) is 11.2 Å². The van der Waals surface area contributed by atoms with E-state index in [9.17, 15) is 4.79 Å². The van der Waals surface area contributed by atoms with Gasteiger partial charge in [-0.25, -0.2) is 0 Å². The van der Waals surface area contributed by atoms with Crippen LogP contribution in [0, 0.1) is 0 Å². The maximum Gasteiger partial charge on any atom is 0.289 e. The summed E-state index contributed by atoms with van der Waals surface area (Å²) in [5.41, 5.74) is 0. The predicted molar refractivity (Wildman–Crippen MR) is 55.4 cm³/mol. The molecule has 1 aliphatic rings. The third-order valence-electron chi connectivity index (χ3n) is 1.46. The number of carbonyl (C=O) groups excluding carboxylic acids is 1. The van der Waals surface area contributed by atoms with E-state index >= 15 is 0 Å². The molecule has 0 saturated carbocycles. The van der Waals surface area contributed by atoms with Gasteiger partial charge in [0.1, 0.15) is 10.7 Å². The van der Waals surface area contributed by atoms with Crippen molar-refractivity contribution in [3.8, 4) is 0 Å². The standard InChI is InChI=1S/C8H5NO2S2/c10-8-9-7(12)6(13-8)4-5-2-1-3-11-5/h1-4H,(H,9,10,12). The predicted octanol–water partition coefficient (Wildman–Crippen LogP) is 2.40. The molecule has 1 amide bonds. The summed E-state index contributed by atoms with van der Waals surface area (Å²) in [7, 11) is 0. The summed E-state index contributed by atoms with van der Waals surface area (Å²) in [5, 5.41) is 2.39. The Morgan fingerprint density at radius 1 is 1.62 bits per heavy atom. The quantitative estimate of drug-likeness (QED) is 0.572. The number of thiocarbonyl (C=S) groups is 1. The molecule has 0 spiro atoms. The monoisotopic (exact) mass is 211 g/mol. The van der Waals surface area contributed by atoms with Gasteiger partial charge in [-0.15, -0.1) is 0 Å². The van der Waals surface area contributed by atoms with E-state index in [1.54, 1.807) is 24.5 Å². The summed E-state index contributed by atoms with van der Waals surface area (Å²) in [6.45, 7) is 0. The molecule has 1 aromatic heterocycles. The molecule has 0 unspecified atom stereocenters. The van der Waals surface area contributed by atoms with Crippen LogP contribution in [0.4, 0.5) is 4.79 Å². The highest BCUT2D eigenvalue weighted by molar-refractivity contribution is 8.19. The van der Waals surface area contributed by atoms with Gasteiger partial charge in [-0.3, -0.25) is 4.79 Å². The van der Waals surface area contributed by atoms with Crippen molar-refractivity contribution in [1.29, 1.82) is 0 Å². The molecular weight excluding hydrogens is 206 g/mol. The smallest absolute Gasteiger partial charge is 0.289 e. The summed E-state index contributed by atoms with van der Waals surface area (Å²) in [4.78, 5) is 12.1. The van der Waals surface area contributed by atoms with Gasteiger partial charge in [0, 0.05) is 0 Å². The first-order valence-electron chi connectivity index (χ1n) is 3.54. The Kier molecular flexibility index (Phi) is 2.20. The highest BCUT2D eigenvalue weighted by Crippen LogP contribution is 2.26. The third-order valence-corrected chi connectivity index (χ3v) is 2.74. The van der Waals surface area contributed by atoms with Crippen LogP contribution >= 0.6 is 24.0 Å². The van der Waals surface area contributed by atoms with Gasteiger partial charge in [-0.2, -0.15) is 0 Å². The van der Waals surface area contributed by atoms with E-state index in [0.29, 0.717) is 10.7 Å². The maximum atomic E-state index is 10.9. The van der Waals surface area contributed by atoms with E-state index < -0.39 is 0 Å².